The Hall–Kier alpha value is -1.27. The van der Waals surface area contributed by atoms with Crippen molar-refractivity contribution >= 4 is 33.2 Å². The highest BCUT2D eigenvalue weighted by Gasteiger charge is 2.31. The first-order valence-corrected chi connectivity index (χ1v) is 11.5. The summed E-state index contributed by atoms with van der Waals surface area (Å²) in [5.41, 5.74) is 0.403. The van der Waals surface area contributed by atoms with Crippen molar-refractivity contribution in [3.05, 3.63) is 29.3 Å². The topological polar surface area (TPSA) is 66.5 Å². The number of anilines is 1. The summed E-state index contributed by atoms with van der Waals surface area (Å²) in [7, 11) is -3.64. The minimum atomic E-state index is -3.64. The van der Waals surface area contributed by atoms with Crippen molar-refractivity contribution in [1.29, 1.82) is 0 Å². The number of rotatable bonds is 11. The van der Waals surface area contributed by atoms with Gasteiger partial charge in [-0.2, -0.15) is 0 Å². The van der Waals surface area contributed by atoms with Crippen LogP contribution in [-0.4, -0.2) is 33.2 Å². The summed E-state index contributed by atoms with van der Waals surface area (Å²) in [6.45, 7) is 6.63. The van der Waals surface area contributed by atoms with Gasteiger partial charge in [-0.1, -0.05) is 57.7 Å². The maximum Gasteiger partial charge on any atom is 0.243 e. The Labute approximate surface area is 163 Å². The van der Waals surface area contributed by atoms with Gasteiger partial charge in [0.2, 0.25) is 15.9 Å². The molecule has 1 rings (SSSR count). The fraction of sp³-hybridized carbons (Fsp3) is 0.632. The Morgan fingerprint density at radius 2 is 1.92 bits per heavy atom. The normalized spacial score (nSPS) is 13.9. The summed E-state index contributed by atoms with van der Waals surface area (Å²) in [5.74, 6) is 0.141. The highest BCUT2D eigenvalue weighted by atomic mass is 35.5. The summed E-state index contributed by atoms with van der Waals surface area (Å²) in [6.07, 6.45) is 5.79. The van der Waals surface area contributed by atoms with Gasteiger partial charge in [0.25, 0.3) is 0 Å². The van der Waals surface area contributed by atoms with E-state index in [2.05, 4.69) is 19.2 Å². The van der Waals surface area contributed by atoms with Gasteiger partial charge in [-0.25, -0.2) is 8.42 Å². The van der Waals surface area contributed by atoms with E-state index >= 15 is 0 Å². The third-order valence-corrected chi connectivity index (χ3v) is 5.92. The Balaban J connectivity index is 2.98. The van der Waals surface area contributed by atoms with Gasteiger partial charge >= 0.3 is 0 Å². The van der Waals surface area contributed by atoms with Crippen molar-refractivity contribution < 1.29 is 13.2 Å². The van der Waals surface area contributed by atoms with E-state index in [1.807, 2.05) is 0 Å². The van der Waals surface area contributed by atoms with Crippen molar-refractivity contribution in [3.8, 4) is 0 Å². The third kappa shape index (κ3) is 6.80. The lowest BCUT2D eigenvalue weighted by atomic mass is 9.99. The van der Waals surface area contributed by atoms with Crippen LogP contribution in [0.1, 0.15) is 52.9 Å². The molecule has 0 aliphatic rings. The van der Waals surface area contributed by atoms with E-state index in [4.69, 9.17) is 11.6 Å². The number of hydrogen-bond donors (Lipinski definition) is 1. The highest BCUT2D eigenvalue weighted by molar-refractivity contribution is 7.92. The van der Waals surface area contributed by atoms with Crippen LogP contribution in [0.15, 0.2) is 24.3 Å². The van der Waals surface area contributed by atoms with Crippen LogP contribution in [0.25, 0.3) is 0 Å². The minimum Gasteiger partial charge on any atom is -0.354 e. The van der Waals surface area contributed by atoms with E-state index in [-0.39, 0.29) is 5.91 Å². The number of unbranched alkanes of at least 4 members (excludes halogenated alkanes) is 1. The van der Waals surface area contributed by atoms with Crippen molar-refractivity contribution in [2.24, 2.45) is 5.92 Å². The highest BCUT2D eigenvalue weighted by Crippen LogP contribution is 2.25. The molecule has 0 fully saturated rings. The molecule has 0 aliphatic heterocycles. The summed E-state index contributed by atoms with van der Waals surface area (Å²) >= 11 is 6.01. The molecule has 1 N–H and O–H groups in total. The lowest BCUT2D eigenvalue weighted by Gasteiger charge is -2.30. The van der Waals surface area contributed by atoms with E-state index in [1.54, 1.807) is 31.2 Å². The van der Waals surface area contributed by atoms with Crippen LogP contribution < -0.4 is 9.62 Å². The van der Waals surface area contributed by atoms with Gasteiger partial charge in [0.1, 0.15) is 6.04 Å². The third-order valence-electron chi connectivity index (χ3n) is 4.50. The fourth-order valence-corrected chi connectivity index (χ4v) is 4.37. The summed E-state index contributed by atoms with van der Waals surface area (Å²) in [5, 5.41) is 3.38. The molecular weight excluding hydrogens is 372 g/mol. The number of sulfonamides is 1. The number of nitrogens with one attached hydrogen (secondary N) is 1. The van der Waals surface area contributed by atoms with Crippen LogP contribution in [-0.2, 0) is 14.8 Å². The maximum absolute atomic E-state index is 12.8. The van der Waals surface area contributed by atoms with Crippen LogP contribution in [0.2, 0.25) is 5.02 Å². The number of amides is 1. The number of nitrogens with zero attached hydrogens (tertiary/aromatic N) is 1. The number of carbonyl (C=O) groups is 1. The second-order valence-corrected chi connectivity index (χ2v) is 8.92. The SMILES string of the molecule is CCCC[C@@H](CC)CNC(=O)[C@H](CC)N(c1cccc(Cl)c1)S(C)(=O)=O. The molecule has 0 heterocycles. The molecule has 148 valence electrons. The Morgan fingerprint density at radius 3 is 2.42 bits per heavy atom. The second kappa shape index (κ2) is 10.8. The van der Waals surface area contributed by atoms with Crippen molar-refractivity contribution in [3.63, 3.8) is 0 Å². The van der Waals surface area contributed by atoms with Crippen molar-refractivity contribution in [1.82, 2.24) is 5.32 Å². The number of hydrogen-bond acceptors (Lipinski definition) is 3. The van der Waals surface area contributed by atoms with E-state index in [9.17, 15) is 13.2 Å². The van der Waals surface area contributed by atoms with E-state index in [1.165, 1.54) is 4.31 Å². The molecule has 0 aromatic heterocycles. The molecule has 7 heteroatoms. The number of halogens is 1. The molecule has 0 saturated carbocycles. The predicted octanol–water partition coefficient (Wildman–Crippen LogP) is 4.22. The Kier molecular flexibility index (Phi) is 9.44. The lowest BCUT2D eigenvalue weighted by molar-refractivity contribution is -0.122. The summed E-state index contributed by atoms with van der Waals surface area (Å²) in [6, 6.07) is 5.77. The molecule has 0 unspecified atom stereocenters. The monoisotopic (exact) mass is 402 g/mol. The molecule has 0 bridgehead atoms. The van der Waals surface area contributed by atoms with Crippen molar-refractivity contribution in [2.75, 3.05) is 17.1 Å². The fourth-order valence-electron chi connectivity index (χ4n) is 2.98. The zero-order valence-electron chi connectivity index (χ0n) is 16.2. The molecule has 26 heavy (non-hydrogen) atoms. The molecular formula is C19H31ClN2O3S. The van der Waals surface area contributed by atoms with Gasteiger partial charge < -0.3 is 5.32 Å². The largest absolute Gasteiger partial charge is 0.354 e. The van der Waals surface area contributed by atoms with E-state index in [0.29, 0.717) is 29.6 Å². The Morgan fingerprint density at radius 1 is 1.23 bits per heavy atom. The first-order valence-electron chi connectivity index (χ1n) is 9.27. The molecule has 2 atom stereocenters. The van der Waals surface area contributed by atoms with Gasteiger partial charge in [0.15, 0.2) is 0 Å². The average Bonchev–Trinajstić information content (AvgIpc) is 2.58. The molecule has 0 saturated heterocycles. The number of carbonyl (C=O) groups excluding carboxylic acids is 1. The second-order valence-electron chi connectivity index (χ2n) is 6.62. The molecule has 5 nitrogen and oxygen atoms in total. The van der Waals surface area contributed by atoms with Crippen LogP contribution >= 0.6 is 11.6 Å². The van der Waals surface area contributed by atoms with E-state index in [0.717, 1.165) is 31.9 Å². The first kappa shape index (κ1) is 22.8. The van der Waals surface area contributed by atoms with Gasteiger partial charge in [0.05, 0.1) is 11.9 Å². The molecule has 0 spiro atoms. The van der Waals surface area contributed by atoms with Gasteiger partial charge in [-0.15, -0.1) is 0 Å². The van der Waals surface area contributed by atoms with Crippen LogP contribution in [0.3, 0.4) is 0 Å². The molecule has 0 aliphatic carbocycles. The molecule has 0 radical (unpaired) electrons. The molecule has 1 aromatic rings. The van der Waals surface area contributed by atoms with Crippen molar-refractivity contribution in [2.45, 2.75) is 58.9 Å². The molecule has 1 amide bonds. The Bertz CT molecular complexity index is 679. The predicted molar refractivity (Wildman–Crippen MR) is 109 cm³/mol. The standard InChI is InChI=1S/C19H31ClN2O3S/c1-5-8-10-15(6-2)14-21-19(23)18(7-3)22(26(4,24)25)17-12-9-11-16(20)13-17/h9,11-13,15,18H,5-8,10,14H2,1-4H3,(H,21,23)/t15-,18+/m1/s1. The van der Waals surface area contributed by atoms with Crippen LogP contribution in [0.4, 0.5) is 5.69 Å². The van der Waals surface area contributed by atoms with Crippen LogP contribution in [0, 0.1) is 5.92 Å². The minimum absolute atomic E-state index is 0.271. The van der Waals surface area contributed by atoms with Gasteiger partial charge in [-0.3, -0.25) is 9.10 Å². The first-order chi connectivity index (χ1) is 12.2. The average molecular weight is 403 g/mol. The van der Waals surface area contributed by atoms with E-state index < -0.39 is 16.1 Å². The summed E-state index contributed by atoms with van der Waals surface area (Å²) in [4.78, 5) is 12.8. The quantitative estimate of drug-likeness (QED) is 0.602. The van der Waals surface area contributed by atoms with Gasteiger partial charge in [0, 0.05) is 11.6 Å². The maximum atomic E-state index is 12.8. The van der Waals surface area contributed by atoms with Crippen LogP contribution in [0.5, 0.6) is 0 Å². The van der Waals surface area contributed by atoms with Gasteiger partial charge in [-0.05, 0) is 37.0 Å². The smallest absolute Gasteiger partial charge is 0.243 e. The zero-order chi connectivity index (χ0) is 19.7. The summed E-state index contributed by atoms with van der Waals surface area (Å²) < 4.78 is 25.9. The molecule has 1 aromatic carbocycles. The lowest BCUT2D eigenvalue weighted by Crippen LogP contribution is -2.50. The number of benzene rings is 1. The zero-order valence-corrected chi connectivity index (χ0v) is 17.7.